The maximum Gasteiger partial charge on any atom is 0.334 e. The van der Waals surface area contributed by atoms with E-state index in [9.17, 15) is 18.0 Å². The third kappa shape index (κ3) is 3.66. The lowest BCUT2D eigenvalue weighted by molar-refractivity contribution is 0.116. The van der Waals surface area contributed by atoms with Gasteiger partial charge in [-0.15, -0.1) is 22.0 Å². The summed E-state index contributed by atoms with van der Waals surface area (Å²) >= 11 is 1.62. The Morgan fingerprint density at radius 3 is 2.59 bits per heavy atom. The third-order valence-corrected chi connectivity index (χ3v) is 5.73. The molecular weight excluding hydrogens is 441 g/mol. The average molecular weight is 456 g/mol. The van der Waals surface area contributed by atoms with Gasteiger partial charge in [-0.05, 0) is 53.5 Å². The number of imidazole rings is 1. The van der Waals surface area contributed by atoms with Crippen molar-refractivity contribution >= 4 is 28.5 Å². The van der Waals surface area contributed by atoms with Crippen molar-refractivity contribution < 1.29 is 17.6 Å². The first-order valence-electron chi connectivity index (χ1n) is 9.61. The molecule has 0 amide bonds. The summed E-state index contributed by atoms with van der Waals surface area (Å²) in [4.78, 5) is 13.3. The number of hydrogen-bond acceptors (Lipinski definition) is 5. The molecule has 162 valence electrons. The minimum absolute atomic E-state index is 0.0171. The van der Waals surface area contributed by atoms with Gasteiger partial charge in [0.15, 0.2) is 0 Å². The monoisotopic (exact) mass is 456 g/mol. The van der Waals surface area contributed by atoms with Crippen LogP contribution in [0.15, 0.2) is 69.2 Å². The third-order valence-electron chi connectivity index (χ3n) is 5.04. The van der Waals surface area contributed by atoms with Gasteiger partial charge in [-0.25, -0.2) is 9.18 Å². The highest BCUT2D eigenvalue weighted by Gasteiger charge is 2.18. The second-order valence-electron chi connectivity index (χ2n) is 7.05. The summed E-state index contributed by atoms with van der Waals surface area (Å²) in [5.74, 6) is -0.448. The molecular formula is C22H15F3N4O2S. The van der Waals surface area contributed by atoms with Gasteiger partial charge in [0.1, 0.15) is 5.82 Å². The van der Waals surface area contributed by atoms with Gasteiger partial charge >= 0.3 is 12.1 Å². The van der Waals surface area contributed by atoms with Crippen molar-refractivity contribution in [2.45, 2.75) is 13.0 Å². The van der Waals surface area contributed by atoms with Gasteiger partial charge < -0.3 is 4.42 Å². The van der Waals surface area contributed by atoms with Crippen LogP contribution >= 0.6 is 11.8 Å². The molecule has 6 nitrogen and oxygen atoms in total. The highest BCUT2D eigenvalue weighted by atomic mass is 32.2. The number of rotatable bonds is 5. The molecule has 0 unspecified atom stereocenters. The minimum Gasteiger partial charge on any atom is -0.415 e. The molecule has 0 N–H and O–H groups in total. The molecule has 0 spiro atoms. The minimum atomic E-state index is -2.84. The van der Waals surface area contributed by atoms with E-state index in [1.165, 1.54) is 16.7 Å². The van der Waals surface area contributed by atoms with Gasteiger partial charge in [0, 0.05) is 17.0 Å². The number of fused-ring (bicyclic) bond motifs is 1. The van der Waals surface area contributed by atoms with Crippen LogP contribution in [-0.4, -0.2) is 25.1 Å². The maximum atomic E-state index is 14.0. The fourth-order valence-electron chi connectivity index (χ4n) is 3.55. The number of halogens is 3. The van der Waals surface area contributed by atoms with E-state index < -0.39 is 18.1 Å². The molecule has 0 fully saturated rings. The van der Waals surface area contributed by atoms with Crippen molar-refractivity contribution in [3.8, 4) is 11.5 Å². The van der Waals surface area contributed by atoms with E-state index in [-0.39, 0.29) is 18.1 Å². The lowest BCUT2D eigenvalue weighted by atomic mass is 10.1. The molecule has 2 aromatic carbocycles. The van der Waals surface area contributed by atoms with Crippen LogP contribution < -0.4 is 5.69 Å². The number of hydrogen-bond donors (Lipinski definition) is 0. The Bertz CT molecular complexity index is 1420. The Balaban J connectivity index is 1.52. The zero-order valence-corrected chi connectivity index (χ0v) is 17.2. The van der Waals surface area contributed by atoms with Crippen LogP contribution in [0.3, 0.4) is 0 Å². The second-order valence-corrected chi connectivity index (χ2v) is 7.98. The molecule has 4 aromatic rings. The maximum absolute atomic E-state index is 14.0. The summed E-state index contributed by atoms with van der Waals surface area (Å²) < 4.78 is 47.4. The van der Waals surface area contributed by atoms with Crippen molar-refractivity contribution in [2.24, 2.45) is 0 Å². The summed E-state index contributed by atoms with van der Waals surface area (Å²) in [7, 11) is 0. The van der Waals surface area contributed by atoms with E-state index in [1.54, 1.807) is 46.7 Å². The second kappa shape index (κ2) is 8.19. The molecule has 5 rings (SSSR count). The van der Waals surface area contributed by atoms with Gasteiger partial charge in [-0.1, -0.05) is 12.1 Å². The van der Waals surface area contributed by atoms with Crippen molar-refractivity contribution in [3.05, 3.63) is 87.8 Å². The van der Waals surface area contributed by atoms with Gasteiger partial charge in [-0.2, -0.15) is 8.78 Å². The number of alkyl halides is 2. The summed E-state index contributed by atoms with van der Waals surface area (Å²) in [6.07, 6.45) is 0.967. The number of benzene rings is 2. The average Bonchev–Trinajstić information content (AvgIpc) is 3.39. The van der Waals surface area contributed by atoms with Crippen LogP contribution in [0.5, 0.6) is 0 Å². The van der Waals surface area contributed by atoms with Crippen LogP contribution in [0.1, 0.15) is 17.9 Å². The van der Waals surface area contributed by atoms with Gasteiger partial charge in [0.25, 0.3) is 5.89 Å². The summed E-state index contributed by atoms with van der Waals surface area (Å²) in [6, 6.07) is 11.0. The zero-order chi connectivity index (χ0) is 22.2. The molecule has 0 radical (unpaired) electrons. The lowest BCUT2D eigenvalue weighted by Gasteiger charge is -2.08. The Hall–Kier alpha value is -3.53. The number of aromatic nitrogens is 4. The molecule has 0 saturated carbocycles. The molecule has 0 aliphatic carbocycles. The Kier molecular flexibility index (Phi) is 5.22. The topological polar surface area (TPSA) is 65.8 Å². The molecule has 10 heteroatoms. The summed E-state index contributed by atoms with van der Waals surface area (Å²) in [6.45, 7) is 0.198. The molecule has 3 heterocycles. The first-order chi connectivity index (χ1) is 15.5. The first-order valence-corrected chi connectivity index (χ1v) is 10.7. The van der Waals surface area contributed by atoms with Crippen LogP contribution in [-0.2, 0) is 6.54 Å². The van der Waals surface area contributed by atoms with Crippen molar-refractivity contribution in [1.29, 1.82) is 0 Å². The SMILES string of the molecule is O=c1n(Cc2ccc(-c3nnc(C(F)F)o3)cc2)c2cc(F)ccc2n1C1=CCSC=C1. The van der Waals surface area contributed by atoms with Crippen LogP contribution in [0.4, 0.5) is 13.2 Å². The molecule has 0 saturated heterocycles. The molecule has 2 aromatic heterocycles. The van der Waals surface area contributed by atoms with Crippen LogP contribution in [0.2, 0.25) is 0 Å². The van der Waals surface area contributed by atoms with Gasteiger partial charge in [0.2, 0.25) is 5.89 Å². The number of thioether (sulfide) groups is 1. The fraction of sp³-hybridized carbons (Fsp3) is 0.136. The molecule has 1 aliphatic heterocycles. The van der Waals surface area contributed by atoms with E-state index >= 15 is 0 Å². The molecule has 32 heavy (non-hydrogen) atoms. The predicted molar refractivity (Wildman–Crippen MR) is 116 cm³/mol. The Morgan fingerprint density at radius 1 is 1.09 bits per heavy atom. The van der Waals surface area contributed by atoms with E-state index in [0.29, 0.717) is 16.6 Å². The number of nitrogens with zero attached hydrogens (tertiary/aromatic N) is 4. The van der Waals surface area contributed by atoms with Crippen molar-refractivity contribution in [3.63, 3.8) is 0 Å². The van der Waals surface area contributed by atoms with Gasteiger partial charge in [0.05, 0.1) is 17.6 Å². The fourth-order valence-corrected chi connectivity index (χ4v) is 4.16. The Morgan fingerprint density at radius 2 is 1.91 bits per heavy atom. The zero-order valence-electron chi connectivity index (χ0n) is 16.4. The van der Waals surface area contributed by atoms with E-state index in [0.717, 1.165) is 17.0 Å². The lowest BCUT2D eigenvalue weighted by Crippen LogP contribution is -2.24. The van der Waals surface area contributed by atoms with E-state index in [1.807, 2.05) is 17.6 Å². The highest BCUT2D eigenvalue weighted by Crippen LogP contribution is 2.25. The number of allylic oxidation sites excluding steroid dienone is 2. The van der Waals surface area contributed by atoms with E-state index in [4.69, 9.17) is 4.42 Å². The largest absolute Gasteiger partial charge is 0.415 e. The van der Waals surface area contributed by atoms with Gasteiger partial charge in [-0.3, -0.25) is 9.13 Å². The predicted octanol–water partition coefficient (Wildman–Crippen LogP) is 5.08. The summed E-state index contributed by atoms with van der Waals surface area (Å²) in [5, 5.41) is 8.87. The van der Waals surface area contributed by atoms with Crippen molar-refractivity contribution in [1.82, 2.24) is 19.3 Å². The quantitative estimate of drug-likeness (QED) is 0.419. The normalized spacial score (nSPS) is 13.8. The van der Waals surface area contributed by atoms with Crippen LogP contribution in [0, 0.1) is 5.82 Å². The van der Waals surface area contributed by atoms with E-state index in [2.05, 4.69) is 10.2 Å². The standard InChI is InChI=1S/C22H15F3N4O2S/c23-15-5-6-17-18(11-15)28(22(30)29(17)16-7-9-32-10-8-16)12-13-1-3-14(4-2-13)20-26-27-21(31-20)19(24)25/h1-9,11,19H,10,12H2. The molecule has 1 aliphatic rings. The summed E-state index contributed by atoms with van der Waals surface area (Å²) in [5.41, 5.74) is 2.79. The van der Waals surface area contributed by atoms with Crippen LogP contribution in [0.25, 0.3) is 28.2 Å². The highest BCUT2D eigenvalue weighted by molar-refractivity contribution is 8.02. The first kappa shape index (κ1) is 20.4. The molecule has 0 atom stereocenters. The smallest absolute Gasteiger partial charge is 0.334 e. The Labute approximate surface area is 183 Å². The molecule has 0 bridgehead atoms. The van der Waals surface area contributed by atoms with Crippen molar-refractivity contribution in [2.75, 3.05) is 5.75 Å².